The summed E-state index contributed by atoms with van der Waals surface area (Å²) in [6.45, 7) is 4.37. The number of nitrogens with two attached hydrogens (primary N) is 5. The van der Waals surface area contributed by atoms with E-state index in [4.69, 9.17) is 43.0 Å². The quantitative estimate of drug-likeness (QED) is 0.0247. The van der Waals surface area contributed by atoms with Crippen LogP contribution in [0.1, 0.15) is 87.1 Å². The maximum atomic E-state index is 14.1. The molecule has 16 N–H and O–H groups in total. The Morgan fingerprint density at radius 2 is 1.16 bits per heavy atom. The molecule has 5 amide bonds. The number of aryl methyl sites for hydroxylation is 1. The van der Waals surface area contributed by atoms with E-state index in [0.29, 0.717) is 60.8 Å². The number of nitrogens with zero attached hydrogens (tertiary/aromatic N) is 2. The van der Waals surface area contributed by atoms with Gasteiger partial charge in [0.25, 0.3) is 5.91 Å². The van der Waals surface area contributed by atoms with Gasteiger partial charge in [-0.3, -0.25) is 34.0 Å². The highest BCUT2D eigenvalue weighted by molar-refractivity contribution is 6.01. The van der Waals surface area contributed by atoms with Crippen LogP contribution in [0.3, 0.4) is 0 Å². The van der Waals surface area contributed by atoms with Crippen molar-refractivity contribution < 1.29 is 51.5 Å². The third kappa shape index (κ3) is 21.1. The summed E-state index contributed by atoms with van der Waals surface area (Å²) in [5.74, 6) is -6.00. The number of unbranched alkanes of at least 4 members (excludes halogenated alkanes) is 2. The Balaban J connectivity index is 0.00000203. The average molecular weight is 947 g/mol. The zero-order chi connectivity index (χ0) is 50.1. The van der Waals surface area contributed by atoms with Crippen LogP contribution in [0.15, 0.2) is 73.8 Å². The second kappa shape index (κ2) is 28.6. The molecule has 0 unspecified atom stereocenters. The third-order valence-electron chi connectivity index (χ3n) is 9.70. The molecule has 67 heavy (non-hydrogen) atoms. The highest BCUT2D eigenvalue weighted by atomic mass is 19.4. The number of amides is 5. The zero-order valence-corrected chi connectivity index (χ0v) is 37.3. The number of halogens is 3. The molecule has 21 nitrogen and oxygen atoms in total. The second-order valence-electron chi connectivity index (χ2n) is 15.2. The van der Waals surface area contributed by atoms with E-state index in [-0.39, 0.29) is 56.3 Å². The maximum absolute atomic E-state index is 14.1. The normalized spacial score (nSPS) is 12.7. The van der Waals surface area contributed by atoms with Crippen molar-refractivity contribution in [3.8, 4) is 0 Å². The lowest BCUT2D eigenvalue weighted by Gasteiger charge is -2.27. The van der Waals surface area contributed by atoms with Crippen LogP contribution in [0.2, 0.25) is 0 Å². The molecule has 2 aromatic carbocycles. The molecule has 0 saturated heterocycles. The molecule has 0 radical (unpaired) electrons. The average Bonchev–Trinajstić information content (AvgIpc) is 3.26. The van der Waals surface area contributed by atoms with E-state index in [1.165, 1.54) is 12.1 Å². The molecule has 0 saturated carbocycles. The fourth-order valence-electron chi connectivity index (χ4n) is 6.26. The number of nitrogens with one attached hydrogen (secondary N) is 5. The molecule has 3 aromatic rings. The minimum absolute atomic E-state index is 0.0511. The first-order chi connectivity index (χ1) is 31.7. The van der Waals surface area contributed by atoms with Gasteiger partial charge in [0.05, 0.1) is 0 Å². The lowest BCUT2D eigenvalue weighted by molar-refractivity contribution is -0.192. The molecule has 3 rings (SSSR count). The summed E-state index contributed by atoms with van der Waals surface area (Å²) in [5, 5.41) is 21.7. The minimum atomic E-state index is -5.08. The van der Waals surface area contributed by atoms with E-state index in [1.807, 2.05) is 6.92 Å². The number of guanidine groups is 2. The largest absolute Gasteiger partial charge is 0.490 e. The second-order valence-corrected chi connectivity index (χ2v) is 15.2. The molecule has 368 valence electrons. The number of aliphatic imine (C=N–C) groups is 2. The van der Waals surface area contributed by atoms with Crippen LogP contribution in [0.4, 0.5) is 18.9 Å². The molecule has 0 bridgehead atoms. The van der Waals surface area contributed by atoms with Gasteiger partial charge in [0.2, 0.25) is 23.6 Å². The number of carbonyl (C=O) groups is 6. The first kappa shape index (κ1) is 55.9. The predicted octanol–water partition coefficient (Wildman–Crippen LogP) is 1.35. The fourth-order valence-corrected chi connectivity index (χ4v) is 6.26. The maximum Gasteiger partial charge on any atom is 0.490 e. The minimum Gasteiger partial charge on any atom is -0.475 e. The number of anilines is 1. The van der Waals surface area contributed by atoms with E-state index >= 15 is 0 Å². The van der Waals surface area contributed by atoms with Crippen molar-refractivity contribution in [3.63, 3.8) is 0 Å². The molecule has 0 spiro atoms. The summed E-state index contributed by atoms with van der Waals surface area (Å²) in [5.41, 5.74) is 28.8. The molecule has 0 fully saturated rings. The number of alkyl halides is 3. The zero-order valence-electron chi connectivity index (χ0n) is 37.3. The van der Waals surface area contributed by atoms with Gasteiger partial charge in [0, 0.05) is 41.9 Å². The number of hydrogen-bond donors (Lipinski definition) is 11. The van der Waals surface area contributed by atoms with E-state index < -0.39 is 71.5 Å². The lowest BCUT2D eigenvalue weighted by Crippen LogP contribution is -2.58. The molecule has 1 aromatic heterocycles. The molecule has 0 aliphatic heterocycles. The van der Waals surface area contributed by atoms with Crippen LogP contribution in [0.25, 0.3) is 11.0 Å². The molecular formula is C43H61F3N12O9. The number of aliphatic carboxylic acids is 1. The predicted molar refractivity (Wildman–Crippen MR) is 245 cm³/mol. The topological polar surface area (TPSA) is 368 Å². The van der Waals surface area contributed by atoms with Gasteiger partial charge in [-0.1, -0.05) is 38.0 Å². The molecule has 0 aliphatic rings. The van der Waals surface area contributed by atoms with Crippen LogP contribution in [0, 0.1) is 6.92 Å². The van der Waals surface area contributed by atoms with Crippen LogP contribution in [-0.2, 0) is 24.0 Å². The van der Waals surface area contributed by atoms with Gasteiger partial charge >= 0.3 is 17.8 Å². The van der Waals surface area contributed by atoms with Crippen molar-refractivity contribution in [2.75, 3.05) is 25.0 Å². The Bertz CT molecular complexity index is 2230. The van der Waals surface area contributed by atoms with Crippen molar-refractivity contribution in [1.29, 1.82) is 0 Å². The van der Waals surface area contributed by atoms with Crippen molar-refractivity contribution in [3.05, 3.63) is 76.1 Å². The number of carboxylic acid groups (broad SMARTS) is 1. The van der Waals surface area contributed by atoms with E-state index in [9.17, 15) is 41.9 Å². The first-order valence-corrected chi connectivity index (χ1v) is 21.4. The number of fused-ring (bicyclic) bond motifs is 1. The Labute approximate surface area is 384 Å². The standard InChI is InChI=1S/C41H60N12O7.C2HF3O2/c1-3-4-14-29(50-35(55)26-12-6-5-7-13-26)37(57)51-30(15-8-9-20-42)38(58)53-32(17-11-22-48-41(45)46)39(59)52-31(16-10-21-47-40(43)44)36(56)49-27-18-19-28-25(2)23-34(54)60-33(28)24-27;3-2(4,5)1(6)7/h5-7,12-13,18-19,23-24,29-32H,3-4,8-11,14-17,20-22,42H2,1-2H3,(H,49,56)(H,50,55)(H,51,57)(H,52,59)(H,53,58)(H4,43,44,47)(H4,45,46,48);(H,6,7)/t29-,30-,31-,32-;/m0./s1. The molecular weight excluding hydrogens is 886 g/mol. The van der Waals surface area contributed by atoms with Crippen LogP contribution in [0.5, 0.6) is 0 Å². The van der Waals surface area contributed by atoms with Gasteiger partial charge in [0.15, 0.2) is 11.9 Å². The Morgan fingerprint density at radius 3 is 1.64 bits per heavy atom. The fraction of sp³-hybridized carbons (Fsp3) is 0.465. The molecule has 4 atom stereocenters. The molecule has 0 aliphatic carbocycles. The van der Waals surface area contributed by atoms with E-state index in [0.717, 1.165) is 6.42 Å². The third-order valence-corrected chi connectivity index (χ3v) is 9.70. The number of carboxylic acids is 1. The van der Waals surface area contributed by atoms with Gasteiger partial charge in [0.1, 0.15) is 29.8 Å². The number of carbonyl (C=O) groups excluding carboxylic acids is 5. The lowest BCUT2D eigenvalue weighted by atomic mass is 10.0. The number of rotatable bonds is 25. The summed E-state index contributed by atoms with van der Waals surface area (Å²) >= 11 is 0. The Morgan fingerprint density at radius 1 is 0.687 bits per heavy atom. The number of hydrogen-bond acceptors (Lipinski definition) is 11. The summed E-state index contributed by atoms with van der Waals surface area (Å²) in [6, 6.07) is 10.3. The summed E-state index contributed by atoms with van der Waals surface area (Å²) < 4.78 is 37.1. The molecule has 1 heterocycles. The van der Waals surface area contributed by atoms with Crippen LogP contribution < -0.4 is 60.9 Å². The summed E-state index contributed by atoms with van der Waals surface area (Å²) in [7, 11) is 0. The first-order valence-electron chi connectivity index (χ1n) is 21.4. The Kier molecular flexibility index (Phi) is 23.9. The van der Waals surface area contributed by atoms with Gasteiger partial charge < -0.3 is 64.8 Å². The van der Waals surface area contributed by atoms with Gasteiger partial charge in [-0.15, -0.1) is 0 Å². The van der Waals surface area contributed by atoms with Crippen molar-refractivity contribution >= 4 is 64.1 Å². The van der Waals surface area contributed by atoms with E-state index in [2.05, 4.69) is 36.6 Å². The highest BCUT2D eigenvalue weighted by Gasteiger charge is 2.38. The number of benzene rings is 2. The van der Waals surface area contributed by atoms with Gasteiger partial charge in [-0.25, -0.2) is 9.59 Å². The van der Waals surface area contributed by atoms with E-state index in [1.54, 1.807) is 49.4 Å². The van der Waals surface area contributed by atoms with Crippen molar-refractivity contribution in [2.45, 2.75) is 108 Å². The highest BCUT2D eigenvalue weighted by Crippen LogP contribution is 2.21. The molecule has 24 heteroatoms. The Hall–Kier alpha value is -7.24. The SMILES string of the molecule is CCCC[C@H](NC(=O)c1ccccc1)C(=O)N[C@@H](CCCCN)C(=O)N[C@@H](CCCN=C(N)N)C(=O)N[C@@H](CCCN=C(N)N)C(=O)Nc1ccc2c(C)cc(=O)oc2c1.O=C(O)C(F)(F)F. The van der Waals surface area contributed by atoms with Crippen LogP contribution >= 0.6 is 0 Å². The monoisotopic (exact) mass is 946 g/mol. The van der Waals surface area contributed by atoms with Gasteiger partial charge in [-0.05, 0) is 94.7 Å². The summed E-state index contributed by atoms with van der Waals surface area (Å²) in [4.78, 5) is 97.6. The van der Waals surface area contributed by atoms with Crippen LogP contribution in [-0.4, -0.2) is 103 Å². The summed E-state index contributed by atoms with van der Waals surface area (Å²) in [6.07, 6.45) is -1.45. The van der Waals surface area contributed by atoms with Crippen molar-refractivity contribution in [1.82, 2.24) is 21.3 Å². The smallest absolute Gasteiger partial charge is 0.475 e. The van der Waals surface area contributed by atoms with Gasteiger partial charge in [-0.2, -0.15) is 13.2 Å². The van der Waals surface area contributed by atoms with Crippen molar-refractivity contribution in [2.24, 2.45) is 38.7 Å².